The Bertz CT molecular complexity index is 753. The number of aromatic nitrogens is 4. The van der Waals surface area contributed by atoms with E-state index in [2.05, 4.69) is 25.5 Å². The fourth-order valence-electron chi connectivity index (χ4n) is 2.03. The monoisotopic (exact) mass is 288 g/mol. The maximum absolute atomic E-state index is 6.01. The van der Waals surface area contributed by atoms with Crippen LogP contribution in [0.1, 0.15) is 18.5 Å². The van der Waals surface area contributed by atoms with E-state index in [0.29, 0.717) is 16.5 Å². The minimum Gasteiger partial charge on any atom is -0.368 e. The highest BCUT2D eigenvalue weighted by Gasteiger charge is 2.12. The van der Waals surface area contributed by atoms with Gasteiger partial charge in [-0.25, -0.2) is 0 Å². The van der Waals surface area contributed by atoms with Gasteiger partial charge in [-0.05, 0) is 24.6 Å². The van der Waals surface area contributed by atoms with E-state index < -0.39 is 0 Å². The second kappa shape index (κ2) is 4.97. The number of aromatic amines is 1. The van der Waals surface area contributed by atoms with Gasteiger partial charge in [-0.3, -0.25) is 5.10 Å². The van der Waals surface area contributed by atoms with Gasteiger partial charge in [0.05, 0.1) is 17.6 Å². The normalized spacial score (nSPS) is 12.5. The van der Waals surface area contributed by atoms with Crippen molar-refractivity contribution in [1.82, 2.24) is 20.2 Å². The maximum atomic E-state index is 6.01. The lowest BCUT2D eigenvalue weighted by Gasteiger charge is -2.15. The average Bonchev–Trinajstić information content (AvgIpc) is 2.86. The Hall–Kier alpha value is -2.34. The summed E-state index contributed by atoms with van der Waals surface area (Å²) in [7, 11) is 0. The van der Waals surface area contributed by atoms with Crippen molar-refractivity contribution >= 4 is 34.4 Å². The van der Waals surface area contributed by atoms with Crippen LogP contribution in [0.3, 0.4) is 0 Å². The fourth-order valence-corrected chi connectivity index (χ4v) is 2.23. The van der Waals surface area contributed by atoms with Crippen LogP contribution >= 0.6 is 11.6 Å². The van der Waals surface area contributed by atoms with Crippen molar-refractivity contribution in [3.05, 3.63) is 41.0 Å². The summed E-state index contributed by atoms with van der Waals surface area (Å²) in [5.74, 6) is 0.844. The molecule has 0 aliphatic carbocycles. The molecule has 3 aromatic rings. The summed E-state index contributed by atoms with van der Waals surface area (Å²) in [6, 6.07) is 7.70. The number of fused-ring (bicyclic) bond motifs is 1. The number of halogens is 1. The van der Waals surface area contributed by atoms with Gasteiger partial charge in [-0.2, -0.15) is 15.1 Å². The molecule has 0 bridgehead atoms. The topological polar surface area (TPSA) is 92.5 Å². The summed E-state index contributed by atoms with van der Waals surface area (Å²) in [5, 5.41) is 11.5. The zero-order valence-electron chi connectivity index (χ0n) is 10.8. The minimum atomic E-state index is 0.0288. The number of nitrogens with one attached hydrogen (secondary N) is 2. The van der Waals surface area contributed by atoms with Crippen LogP contribution in [0.2, 0.25) is 5.02 Å². The first-order chi connectivity index (χ1) is 9.63. The number of nitrogen functional groups attached to an aromatic ring is 1. The molecular formula is C13H13ClN6. The predicted molar refractivity (Wildman–Crippen MR) is 79.6 cm³/mol. The van der Waals surface area contributed by atoms with Gasteiger partial charge in [0.25, 0.3) is 0 Å². The van der Waals surface area contributed by atoms with Crippen molar-refractivity contribution in [2.45, 2.75) is 13.0 Å². The molecule has 0 aliphatic rings. The Morgan fingerprint density at radius 2 is 2.20 bits per heavy atom. The van der Waals surface area contributed by atoms with E-state index in [0.717, 1.165) is 10.9 Å². The van der Waals surface area contributed by atoms with Gasteiger partial charge in [0.15, 0.2) is 5.65 Å². The van der Waals surface area contributed by atoms with E-state index in [9.17, 15) is 0 Å². The van der Waals surface area contributed by atoms with E-state index in [1.54, 1.807) is 6.20 Å². The van der Waals surface area contributed by atoms with Crippen LogP contribution in [0.25, 0.3) is 11.0 Å². The van der Waals surface area contributed by atoms with E-state index in [-0.39, 0.29) is 12.0 Å². The Morgan fingerprint density at radius 3 is 3.00 bits per heavy atom. The zero-order chi connectivity index (χ0) is 14.1. The number of H-pyrrole nitrogens is 1. The standard InChI is InChI=1S/C13H13ClN6/c1-7(8-3-2-4-9(14)5-8)17-11-10-6-16-20-12(10)19-13(15)18-11/h2-7H,1H3,(H4,15,16,17,18,19,20). The molecule has 4 N–H and O–H groups in total. The third-order valence-corrected chi connectivity index (χ3v) is 3.26. The number of anilines is 2. The Balaban J connectivity index is 1.94. The van der Waals surface area contributed by atoms with Crippen LogP contribution in [-0.4, -0.2) is 20.2 Å². The lowest BCUT2D eigenvalue weighted by atomic mass is 10.1. The lowest BCUT2D eigenvalue weighted by molar-refractivity contribution is 0.877. The van der Waals surface area contributed by atoms with Gasteiger partial charge >= 0.3 is 0 Å². The Labute approximate surface area is 120 Å². The highest BCUT2D eigenvalue weighted by Crippen LogP contribution is 2.25. The molecule has 6 nitrogen and oxygen atoms in total. The smallest absolute Gasteiger partial charge is 0.224 e. The molecule has 2 heterocycles. The lowest BCUT2D eigenvalue weighted by Crippen LogP contribution is -2.09. The molecule has 20 heavy (non-hydrogen) atoms. The highest BCUT2D eigenvalue weighted by molar-refractivity contribution is 6.30. The molecule has 0 fully saturated rings. The molecule has 102 valence electrons. The van der Waals surface area contributed by atoms with Crippen molar-refractivity contribution < 1.29 is 0 Å². The SMILES string of the molecule is CC(Nc1nc(N)nc2[nH]ncc12)c1cccc(Cl)c1. The van der Waals surface area contributed by atoms with E-state index in [4.69, 9.17) is 17.3 Å². The number of hydrogen-bond acceptors (Lipinski definition) is 5. The summed E-state index contributed by atoms with van der Waals surface area (Å²) < 4.78 is 0. The highest BCUT2D eigenvalue weighted by atomic mass is 35.5. The molecule has 2 aromatic heterocycles. The van der Waals surface area contributed by atoms with Crippen molar-refractivity contribution in [2.75, 3.05) is 11.1 Å². The Kier molecular flexibility index (Phi) is 3.15. The van der Waals surface area contributed by atoms with Crippen LogP contribution < -0.4 is 11.1 Å². The van der Waals surface area contributed by atoms with Gasteiger partial charge in [-0.1, -0.05) is 23.7 Å². The number of benzene rings is 1. The largest absolute Gasteiger partial charge is 0.368 e. The first kappa shape index (κ1) is 12.7. The van der Waals surface area contributed by atoms with Gasteiger partial charge < -0.3 is 11.1 Å². The van der Waals surface area contributed by atoms with Crippen molar-refractivity contribution in [1.29, 1.82) is 0 Å². The molecule has 3 rings (SSSR count). The molecule has 0 saturated heterocycles. The van der Waals surface area contributed by atoms with Gasteiger partial charge in [0.1, 0.15) is 5.82 Å². The molecule has 7 heteroatoms. The van der Waals surface area contributed by atoms with Crippen molar-refractivity contribution in [3.8, 4) is 0 Å². The molecule has 0 aliphatic heterocycles. The predicted octanol–water partition coefficient (Wildman–Crippen LogP) is 2.76. The second-order valence-electron chi connectivity index (χ2n) is 4.48. The maximum Gasteiger partial charge on any atom is 0.224 e. The third kappa shape index (κ3) is 2.37. The molecule has 0 saturated carbocycles. The summed E-state index contributed by atoms with van der Waals surface area (Å²) in [4.78, 5) is 8.30. The molecule has 1 aromatic carbocycles. The number of hydrogen-bond donors (Lipinski definition) is 3. The zero-order valence-corrected chi connectivity index (χ0v) is 11.5. The first-order valence-electron chi connectivity index (χ1n) is 6.12. The van der Waals surface area contributed by atoms with Crippen LogP contribution in [0.4, 0.5) is 11.8 Å². The number of rotatable bonds is 3. The quantitative estimate of drug-likeness (QED) is 0.689. The first-order valence-corrected chi connectivity index (χ1v) is 6.50. The summed E-state index contributed by atoms with van der Waals surface area (Å²) in [6.07, 6.45) is 1.67. The van der Waals surface area contributed by atoms with Gasteiger partial charge in [-0.15, -0.1) is 0 Å². The van der Waals surface area contributed by atoms with Gasteiger partial charge in [0.2, 0.25) is 5.95 Å². The third-order valence-electron chi connectivity index (χ3n) is 3.03. The summed E-state index contributed by atoms with van der Waals surface area (Å²) in [5.41, 5.74) is 7.36. The van der Waals surface area contributed by atoms with Crippen LogP contribution in [0.5, 0.6) is 0 Å². The number of nitrogens with zero attached hydrogens (tertiary/aromatic N) is 3. The van der Waals surface area contributed by atoms with E-state index >= 15 is 0 Å². The molecule has 1 unspecified atom stereocenters. The van der Waals surface area contributed by atoms with Gasteiger partial charge in [0, 0.05) is 5.02 Å². The second-order valence-corrected chi connectivity index (χ2v) is 4.92. The molecule has 0 radical (unpaired) electrons. The van der Waals surface area contributed by atoms with Crippen LogP contribution in [0.15, 0.2) is 30.5 Å². The van der Waals surface area contributed by atoms with Crippen molar-refractivity contribution in [3.63, 3.8) is 0 Å². The molecule has 0 spiro atoms. The van der Waals surface area contributed by atoms with Crippen LogP contribution in [0, 0.1) is 0 Å². The molecular weight excluding hydrogens is 276 g/mol. The fraction of sp³-hybridized carbons (Fsp3) is 0.154. The minimum absolute atomic E-state index is 0.0288. The Morgan fingerprint density at radius 1 is 1.35 bits per heavy atom. The average molecular weight is 289 g/mol. The van der Waals surface area contributed by atoms with E-state index in [1.807, 2.05) is 31.2 Å². The summed E-state index contributed by atoms with van der Waals surface area (Å²) >= 11 is 6.01. The van der Waals surface area contributed by atoms with E-state index in [1.165, 1.54) is 0 Å². The van der Waals surface area contributed by atoms with Crippen LogP contribution in [-0.2, 0) is 0 Å². The summed E-state index contributed by atoms with van der Waals surface area (Å²) in [6.45, 7) is 2.02. The number of nitrogens with two attached hydrogens (primary N) is 1. The van der Waals surface area contributed by atoms with Crippen molar-refractivity contribution in [2.24, 2.45) is 0 Å². The molecule has 0 amide bonds. The molecule has 1 atom stereocenters.